The molecule has 0 N–H and O–H groups in total. The highest BCUT2D eigenvalue weighted by Gasteiger charge is 2.22. The summed E-state index contributed by atoms with van der Waals surface area (Å²) in [5.74, 6) is 0.449. The van der Waals surface area contributed by atoms with E-state index in [0.29, 0.717) is 0 Å². The minimum absolute atomic E-state index is 0.171. The Morgan fingerprint density at radius 3 is 2.33 bits per heavy atom. The molecule has 1 aromatic carbocycles. The van der Waals surface area contributed by atoms with E-state index in [9.17, 15) is 4.79 Å². The lowest BCUT2D eigenvalue weighted by molar-refractivity contribution is -0.122. The molecular weight excluding hydrogens is 222 g/mol. The van der Waals surface area contributed by atoms with Crippen LogP contribution in [0.15, 0.2) is 30.3 Å². The van der Waals surface area contributed by atoms with Gasteiger partial charge in [-0.05, 0) is 31.9 Å². The van der Waals surface area contributed by atoms with Crippen LogP contribution < -0.4 is 4.90 Å². The van der Waals surface area contributed by atoms with Crippen molar-refractivity contribution in [1.82, 2.24) is 0 Å². The number of unbranched alkanes of at least 4 members (excludes halogenated alkanes) is 1. The number of anilines is 1. The monoisotopic (exact) mass is 247 g/mol. The standard InChI is InChI=1S/C16H25NO/c1-4-7-11-14(5-2)16(18)17(6-3)15-12-9-8-10-13-15/h8-10,12-14H,4-7,11H2,1-3H3/t14-/m1/s1. The molecule has 0 radical (unpaired) electrons. The largest absolute Gasteiger partial charge is 0.312 e. The van der Waals surface area contributed by atoms with Crippen molar-refractivity contribution in [2.45, 2.75) is 46.5 Å². The van der Waals surface area contributed by atoms with Crippen LogP contribution in [0, 0.1) is 5.92 Å². The normalized spacial score (nSPS) is 12.2. The summed E-state index contributed by atoms with van der Waals surface area (Å²) in [5, 5.41) is 0. The molecule has 0 saturated carbocycles. The van der Waals surface area contributed by atoms with Crippen molar-refractivity contribution < 1.29 is 4.79 Å². The molecule has 1 aromatic rings. The predicted molar refractivity (Wildman–Crippen MR) is 77.8 cm³/mol. The van der Waals surface area contributed by atoms with Crippen LogP contribution in [0.3, 0.4) is 0 Å². The van der Waals surface area contributed by atoms with E-state index in [4.69, 9.17) is 0 Å². The topological polar surface area (TPSA) is 20.3 Å². The molecule has 1 amide bonds. The summed E-state index contributed by atoms with van der Waals surface area (Å²) in [6.45, 7) is 7.06. The summed E-state index contributed by atoms with van der Waals surface area (Å²) in [5.41, 5.74) is 1.01. The number of para-hydroxylation sites is 1. The Labute approximate surface area is 111 Å². The molecule has 2 nitrogen and oxygen atoms in total. The van der Waals surface area contributed by atoms with Gasteiger partial charge < -0.3 is 4.90 Å². The molecule has 0 unspecified atom stereocenters. The van der Waals surface area contributed by atoms with Gasteiger partial charge in [0.2, 0.25) is 5.91 Å². The van der Waals surface area contributed by atoms with Crippen LogP contribution in [0.2, 0.25) is 0 Å². The highest BCUT2D eigenvalue weighted by molar-refractivity contribution is 5.94. The minimum Gasteiger partial charge on any atom is -0.312 e. The number of benzene rings is 1. The van der Waals surface area contributed by atoms with Gasteiger partial charge in [0.25, 0.3) is 0 Å². The van der Waals surface area contributed by atoms with Crippen LogP contribution in [0.25, 0.3) is 0 Å². The van der Waals surface area contributed by atoms with Gasteiger partial charge in [-0.1, -0.05) is 44.9 Å². The van der Waals surface area contributed by atoms with E-state index in [1.807, 2.05) is 42.2 Å². The number of amides is 1. The quantitative estimate of drug-likeness (QED) is 0.705. The molecule has 0 heterocycles. The third-order valence-electron chi connectivity index (χ3n) is 3.40. The molecule has 0 aliphatic rings. The van der Waals surface area contributed by atoms with Gasteiger partial charge in [0, 0.05) is 18.2 Å². The lowest BCUT2D eigenvalue weighted by Crippen LogP contribution is -2.36. The summed E-state index contributed by atoms with van der Waals surface area (Å²) in [6.07, 6.45) is 4.23. The molecule has 100 valence electrons. The fraction of sp³-hybridized carbons (Fsp3) is 0.562. The number of rotatable bonds is 7. The minimum atomic E-state index is 0.171. The van der Waals surface area contributed by atoms with E-state index in [1.54, 1.807) is 0 Å². The Hall–Kier alpha value is -1.31. The SMILES string of the molecule is CCCC[C@@H](CC)C(=O)N(CC)c1ccccc1. The number of carbonyl (C=O) groups excluding carboxylic acids is 1. The van der Waals surface area contributed by atoms with Gasteiger partial charge in [-0.2, -0.15) is 0 Å². The van der Waals surface area contributed by atoms with E-state index >= 15 is 0 Å². The van der Waals surface area contributed by atoms with Crippen molar-refractivity contribution in [2.75, 3.05) is 11.4 Å². The smallest absolute Gasteiger partial charge is 0.230 e. The molecule has 0 spiro atoms. The van der Waals surface area contributed by atoms with Gasteiger partial charge in [-0.15, -0.1) is 0 Å². The van der Waals surface area contributed by atoms with Crippen molar-refractivity contribution in [2.24, 2.45) is 5.92 Å². The maximum Gasteiger partial charge on any atom is 0.230 e. The second-order valence-corrected chi connectivity index (χ2v) is 4.67. The van der Waals surface area contributed by atoms with E-state index in [2.05, 4.69) is 13.8 Å². The van der Waals surface area contributed by atoms with Gasteiger partial charge >= 0.3 is 0 Å². The molecule has 1 rings (SSSR count). The van der Waals surface area contributed by atoms with Gasteiger partial charge in [0.05, 0.1) is 0 Å². The first-order valence-corrected chi connectivity index (χ1v) is 7.10. The first-order valence-electron chi connectivity index (χ1n) is 7.10. The summed E-state index contributed by atoms with van der Waals surface area (Å²) >= 11 is 0. The third-order valence-corrected chi connectivity index (χ3v) is 3.40. The van der Waals surface area contributed by atoms with Crippen molar-refractivity contribution in [3.05, 3.63) is 30.3 Å². The lowest BCUT2D eigenvalue weighted by Gasteiger charge is -2.26. The van der Waals surface area contributed by atoms with Crippen molar-refractivity contribution in [1.29, 1.82) is 0 Å². The predicted octanol–water partition coefficient (Wildman–Crippen LogP) is 4.26. The number of hydrogen-bond acceptors (Lipinski definition) is 1. The molecule has 1 atom stereocenters. The van der Waals surface area contributed by atoms with E-state index in [1.165, 1.54) is 0 Å². The number of hydrogen-bond donors (Lipinski definition) is 0. The van der Waals surface area contributed by atoms with E-state index in [0.717, 1.165) is 37.9 Å². The molecule has 0 fully saturated rings. The Bertz CT molecular complexity index is 347. The van der Waals surface area contributed by atoms with Crippen LogP contribution in [0.4, 0.5) is 5.69 Å². The third kappa shape index (κ3) is 3.86. The van der Waals surface area contributed by atoms with Gasteiger partial charge in [-0.25, -0.2) is 0 Å². The number of carbonyl (C=O) groups is 1. The molecule has 0 saturated heterocycles. The van der Waals surface area contributed by atoms with Crippen LogP contribution in [-0.4, -0.2) is 12.5 Å². The second-order valence-electron chi connectivity index (χ2n) is 4.67. The van der Waals surface area contributed by atoms with Crippen LogP contribution in [0.1, 0.15) is 46.5 Å². The zero-order chi connectivity index (χ0) is 13.4. The average molecular weight is 247 g/mol. The highest BCUT2D eigenvalue weighted by Crippen LogP contribution is 2.21. The summed E-state index contributed by atoms with van der Waals surface area (Å²) in [6, 6.07) is 9.97. The van der Waals surface area contributed by atoms with Crippen molar-refractivity contribution in [3.8, 4) is 0 Å². The Morgan fingerprint density at radius 1 is 1.17 bits per heavy atom. The van der Waals surface area contributed by atoms with E-state index < -0.39 is 0 Å². The van der Waals surface area contributed by atoms with E-state index in [-0.39, 0.29) is 11.8 Å². The van der Waals surface area contributed by atoms with Gasteiger partial charge in [0.15, 0.2) is 0 Å². The van der Waals surface area contributed by atoms with Gasteiger partial charge in [-0.3, -0.25) is 4.79 Å². The molecular formula is C16H25NO. The van der Waals surface area contributed by atoms with Gasteiger partial charge in [0.1, 0.15) is 0 Å². The Morgan fingerprint density at radius 2 is 1.83 bits per heavy atom. The zero-order valence-corrected chi connectivity index (χ0v) is 11.9. The number of nitrogens with zero attached hydrogens (tertiary/aromatic N) is 1. The fourth-order valence-electron chi connectivity index (χ4n) is 2.25. The molecule has 0 aliphatic heterocycles. The lowest BCUT2D eigenvalue weighted by atomic mass is 9.97. The Kier molecular flexibility index (Phi) is 6.48. The molecule has 0 aliphatic carbocycles. The average Bonchev–Trinajstić information content (AvgIpc) is 2.42. The van der Waals surface area contributed by atoms with Crippen LogP contribution >= 0.6 is 0 Å². The second kappa shape index (κ2) is 7.91. The molecule has 18 heavy (non-hydrogen) atoms. The maximum absolute atomic E-state index is 12.5. The fourth-order valence-corrected chi connectivity index (χ4v) is 2.25. The Balaban J connectivity index is 2.78. The summed E-state index contributed by atoms with van der Waals surface area (Å²) in [7, 11) is 0. The van der Waals surface area contributed by atoms with Crippen molar-refractivity contribution in [3.63, 3.8) is 0 Å². The summed E-state index contributed by atoms with van der Waals surface area (Å²) < 4.78 is 0. The summed E-state index contributed by atoms with van der Waals surface area (Å²) in [4.78, 5) is 14.4. The first-order chi connectivity index (χ1) is 8.74. The molecule has 0 bridgehead atoms. The molecule has 0 aromatic heterocycles. The van der Waals surface area contributed by atoms with Crippen LogP contribution in [0.5, 0.6) is 0 Å². The van der Waals surface area contributed by atoms with Crippen LogP contribution in [-0.2, 0) is 4.79 Å². The highest BCUT2D eigenvalue weighted by atomic mass is 16.2. The maximum atomic E-state index is 12.5. The first kappa shape index (κ1) is 14.7. The van der Waals surface area contributed by atoms with Crippen molar-refractivity contribution >= 4 is 11.6 Å². The molecule has 2 heteroatoms. The zero-order valence-electron chi connectivity index (χ0n) is 11.9.